The van der Waals surface area contributed by atoms with Gasteiger partial charge < -0.3 is 10.1 Å². The first-order chi connectivity index (χ1) is 14.6. The molecular formula is C23H19FN2O3S. The van der Waals surface area contributed by atoms with Crippen LogP contribution in [0.25, 0.3) is 0 Å². The third-order valence-corrected chi connectivity index (χ3v) is 5.98. The van der Waals surface area contributed by atoms with Gasteiger partial charge in [-0.05, 0) is 54.1 Å². The summed E-state index contributed by atoms with van der Waals surface area (Å²) in [7, 11) is 1.59. The van der Waals surface area contributed by atoms with E-state index >= 15 is 0 Å². The van der Waals surface area contributed by atoms with E-state index in [-0.39, 0.29) is 16.8 Å². The molecule has 2 amide bonds. The first kappa shape index (κ1) is 20.0. The topological polar surface area (TPSA) is 58.6 Å². The number of hydrogen-bond acceptors (Lipinski definition) is 4. The molecule has 4 rings (SSSR count). The summed E-state index contributed by atoms with van der Waals surface area (Å²) in [6, 6.07) is 20.4. The Morgan fingerprint density at radius 3 is 2.60 bits per heavy atom. The summed E-state index contributed by atoms with van der Waals surface area (Å²) in [5.41, 5.74) is 2.16. The van der Waals surface area contributed by atoms with Crippen LogP contribution in [-0.4, -0.2) is 24.7 Å². The molecule has 0 bridgehead atoms. The van der Waals surface area contributed by atoms with Crippen molar-refractivity contribution < 1.29 is 18.7 Å². The van der Waals surface area contributed by atoms with Crippen LogP contribution in [-0.2, 0) is 4.79 Å². The van der Waals surface area contributed by atoms with Crippen molar-refractivity contribution in [2.24, 2.45) is 0 Å². The van der Waals surface area contributed by atoms with E-state index in [2.05, 4.69) is 5.32 Å². The van der Waals surface area contributed by atoms with Gasteiger partial charge >= 0.3 is 0 Å². The highest BCUT2D eigenvalue weighted by Gasteiger charge is 2.34. The molecule has 1 aliphatic rings. The van der Waals surface area contributed by atoms with Gasteiger partial charge in [0.1, 0.15) is 16.9 Å². The Balaban J connectivity index is 1.58. The third kappa shape index (κ3) is 4.02. The highest BCUT2D eigenvalue weighted by atomic mass is 32.2. The Kier molecular flexibility index (Phi) is 5.72. The van der Waals surface area contributed by atoms with Gasteiger partial charge in [-0.2, -0.15) is 0 Å². The molecule has 0 aliphatic carbocycles. The van der Waals surface area contributed by atoms with Crippen molar-refractivity contribution in [1.29, 1.82) is 0 Å². The van der Waals surface area contributed by atoms with Gasteiger partial charge in [-0.15, -0.1) is 11.8 Å². The maximum absolute atomic E-state index is 13.9. The standard InChI is InChI=1S/C23H19FN2O3S/c1-29-18-11-9-17(10-12-18)26-21(27)14-30-23(26)15-5-4-6-16(13-15)25-22(28)19-7-2-3-8-20(19)24/h2-13,23H,14H2,1H3,(H,25,28). The van der Waals surface area contributed by atoms with E-state index < -0.39 is 11.7 Å². The summed E-state index contributed by atoms with van der Waals surface area (Å²) < 4.78 is 19.1. The molecule has 0 radical (unpaired) electrons. The number of thioether (sulfide) groups is 1. The van der Waals surface area contributed by atoms with Gasteiger partial charge in [0.25, 0.3) is 5.91 Å². The molecular weight excluding hydrogens is 403 g/mol. The lowest BCUT2D eigenvalue weighted by Crippen LogP contribution is -2.27. The van der Waals surface area contributed by atoms with Crippen molar-refractivity contribution in [2.75, 3.05) is 23.1 Å². The molecule has 0 aromatic heterocycles. The molecule has 1 fully saturated rings. The minimum absolute atomic E-state index is 0.0102. The van der Waals surface area contributed by atoms with Crippen LogP contribution in [0.1, 0.15) is 21.3 Å². The molecule has 3 aromatic rings. The van der Waals surface area contributed by atoms with E-state index in [9.17, 15) is 14.0 Å². The smallest absolute Gasteiger partial charge is 0.258 e. The van der Waals surface area contributed by atoms with Gasteiger partial charge in [-0.3, -0.25) is 14.5 Å². The van der Waals surface area contributed by atoms with E-state index in [0.717, 1.165) is 11.3 Å². The second-order valence-electron chi connectivity index (χ2n) is 6.68. The SMILES string of the molecule is COc1ccc(N2C(=O)CSC2c2cccc(NC(=O)c3ccccc3F)c2)cc1. The molecule has 1 saturated heterocycles. The first-order valence-corrected chi connectivity index (χ1v) is 10.4. The largest absolute Gasteiger partial charge is 0.497 e. The maximum atomic E-state index is 13.9. The Bertz CT molecular complexity index is 1090. The van der Waals surface area contributed by atoms with Crippen LogP contribution >= 0.6 is 11.8 Å². The van der Waals surface area contributed by atoms with Crippen LogP contribution in [0.2, 0.25) is 0 Å². The third-order valence-electron chi connectivity index (χ3n) is 4.77. The lowest BCUT2D eigenvalue weighted by molar-refractivity contribution is -0.115. The van der Waals surface area contributed by atoms with Gasteiger partial charge in [0.15, 0.2) is 0 Å². The van der Waals surface area contributed by atoms with Crippen molar-refractivity contribution in [3.63, 3.8) is 0 Å². The Hall–Kier alpha value is -3.32. The normalized spacial score (nSPS) is 15.9. The highest BCUT2D eigenvalue weighted by Crippen LogP contribution is 2.42. The monoisotopic (exact) mass is 422 g/mol. The molecule has 5 nitrogen and oxygen atoms in total. The Morgan fingerprint density at radius 1 is 1.10 bits per heavy atom. The van der Waals surface area contributed by atoms with Crippen molar-refractivity contribution in [3.05, 3.63) is 89.7 Å². The number of rotatable bonds is 5. The van der Waals surface area contributed by atoms with Gasteiger partial charge in [-0.1, -0.05) is 24.3 Å². The summed E-state index contributed by atoms with van der Waals surface area (Å²) >= 11 is 1.52. The lowest BCUT2D eigenvalue weighted by Gasteiger charge is -2.25. The summed E-state index contributed by atoms with van der Waals surface area (Å²) in [5.74, 6) is -0.00713. The molecule has 0 saturated carbocycles. The van der Waals surface area contributed by atoms with E-state index in [1.807, 2.05) is 42.5 Å². The molecule has 1 N–H and O–H groups in total. The fraction of sp³-hybridized carbons (Fsp3) is 0.130. The first-order valence-electron chi connectivity index (χ1n) is 9.30. The number of carbonyl (C=O) groups is 2. The molecule has 7 heteroatoms. The van der Waals surface area contributed by atoms with E-state index in [0.29, 0.717) is 17.2 Å². The number of carbonyl (C=O) groups excluding carboxylic acids is 2. The lowest BCUT2D eigenvalue weighted by atomic mass is 10.1. The van der Waals surface area contributed by atoms with Crippen LogP contribution in [0.5, 0.6) is 5.75 Å². The van der Waals surface area contributed by atoms with Crippen molar-refractivity contribution >= 4 is 35.0 Å². The van der Waals surface area contributed by atoms with E-state index in [4.69, 9.17) is 4.74 Å². The number of nitrogens with zero attached hydrogens (tertiary/aromatic N) is 1. The summed E-state index contributed by atoms with van der Waals surface area (Å²) in [4.78, 5) is 26.7. The van der Waals surface area contributed by atoms with Crippen LogP contribution in [0.4, 0.5) is 15.8 Å². The molecule has 3 aromatic carbocycles. The van der Waals surface area contributed by atoms with Crippen LogP contribution in [0.3, 0.4) is 0 Å². The van der Waals surface area contributed by atoms with E-state index in [1.54, 1.807) is 24.1 Å². The van der Waals surface area contributed by atoms with Crippen molar-refractivity contribution in [2.45, 2.75) is 5.37 Å². The van der Waals surface area contributed by atoms with E-state index in [1.165, 1.54) is 30.0 Å². The number of hydrogen-bond donors (Lipinski definition) is 1. The predicted octanol–water partition coefficient (Wildman–Crippen LogP) is 4.87. The summed E-state index contributed by atoms with van der Waals surface area (Å²) in [5, 5.41) is 2.51. The van der Waals surface area contributed by atoms with Gasteiger partial charge in [0, 0.05) is 11.4 Å². The molecule has 1 aliphatic heterocycles. The number of amides is 2. The Labute approximate surface area is 177 Å². The highest BCUT2D eigenvalue weighted by molar-refractivity contribution is 8.00. The van der Waals surface area contributed by atoms with Gasteiger partial charge in [-0.25, -0.2) is 4.39 Å². The molecule has 1 atom stereocenters. The number of halogens is 1. The van der Waals surface area contributed by atoms with Crippen molar-refractivity contribution in [1.82, 2.24) is 0 Å². The quantitative estimate of drug-likeness (QED) is 0.638. The summed E-state index contributed by atoms with van der Waals surface area (Å²) in [6.07, 6.45) is 0. The number of methoxy groups -OCH3 is 1. The molecule has 0 spiro atoms. The number of benzene rings is 3. The number of ether oxygens (including phenoxy) is 1. The minimum Gasteiger partial charge on any atom is -0.497 e. The summed E-state index contributed by atoms with van der Waals surface area (Å²) in [6.45, 7) is 0. The van der Waals surface area contributed by atoms with Gasteiger partial charge in [0.05, 0.1) is 18.4 Å². The fourth-order valence-corrected chi connectivity index (χ4v) is 4.47. The Morgan fingerprint density at radius 2 is 1.87 bits per heavy atom. The number of anilines is 2. The molecule has 30 heavy (non-hydrogen) atoms. The minimum atomic E-state index is -0.575. The second-order valence-corrected chi connectivity index (χ2v) is 7.75. The zero-order valence-corrected chi connectivity index (χ0v) is 17.0. The maximum Gasteiger partial charge on any atom is 0.258 e. The average Bonchev–Trinajstić information content (AvgIpc) is 3.15. The second kappa shape index (κ2) is 8.59. The van der Waals surface area contributed by atoms with Crippen molar-refractivity contribution in [3.8, 4) is 5.75 Å². The zero-order valence-electron chi connectivity index (χ0n) is 16.2. The van der Waals surface area contributed by atoms with Gasteiger partial charge in [0.2, 0.25) is 5.91 Å². The average molecular weight is 422 g/mol. The predicted molar refractivity (Wildman–Crippen MR) is 116 cm³/mol. The molecule has 152 valence electrons. The zero-order chi connectivity index (χ0) is 21.1. The fourth-order valence-electron chi connectivity index (χ4n) is 3.31. The molecule has 1 heterocycles. The van der Waals surface area contributed by atoms with Crippen LogP contribution in [0, 0.1) is 5.82 Å². The van der Waals surface area contributed by atoms with Crippen LogP contribution < -0.4 is 15.0 Å². The number of nitrogens with one attached hydrogen (secondary N) is 1. The van der Waals surface area contributed by atoms with Crippen LogP contribution in [0.15, 0.2) is 72.8 Å². The molecule has 1 unspecified atom stereocenters.